The van der Waals surface area contributed by atoms with Crippen LogP contribution in [-0.2, 0) is 33.2 Å². The Hall–Kier alpha value is -1.27. The molecular formula is C48H80O18. The van der Waals surface area contributed by atoms with E-state index in [-0.39, 0.29) is 40.3 Å². The lowest BCUT2D eigenvalue weighted by atomic mass is 9.38. The van der Waals surface area contributed by atoms with Crippen LogP contribution in [-0.4, -0.2) is 185 Å². The monoisotopic (exact) mass is 945 g/mol. The average molecular weight is 945 g/mol. The lowest BCUT2D eigenvalue weighted by Gasteiger charge is -2.65. The van der Waals surface area contributed by atoms with E-state index < -0.39 is 134 Å². The Morgan fingerprint density at radius 3 is 1.92 bits per heavy atom. The Kier molecular flexibility index (Phi) is 15.2. The molecular weight excluding hydrogens is 865 g/mol. The maximum Gasteiger partial charge on any atom is 0.187 e. The van der Waals surface area contributed by atoms with E-state index in [4.69, 9.17) is 28.4 Å². The molecule has 3 saturated heterocycles. The SMILES string of the molecule is C[C@H](CC[C@@H](O)C(C)(C)O[C@@H]1O[C@@H](CO)[C@@H](O)[C@@H](O)[C@H]1O[C@@H]1O[C@@H](C)[C@@H](O)[C@H](O)[C@@H]1O)[C@H]1CC[C@@]2(C)[C@@H]3CC=C4[C@@H](CC[C@H](O[C@@H]5O[C@@H](CO)[C@@H](O)[C@@H](O)[C@H]5O)C4(C)C)[C@]3(C)C(=O)C[C@]12C. The molecule has 6 fully saturated rings. The highest BCUT2D eigenvalue weighted by atomic mass is 16.8. The zero-order valence-electron chi connectivity index (χ0n) is 40.0. The van der Waals surface area contributed by atoms with Gasteiger partial charge in [-0.15, -0.1) is 0 Å². The molecule has 0 bridgehead atoms. The fourth-order valence-electron chi connectivity index (χ4n) is 13.9. The van der Waals surface area contributed by atoms with Crippen LogP contribution in [0, 0.1) is 45.3 Å². The molecule has 0 aromatic rings. The average Bonchev–Trinajstić information content (AvgIpc) is 3.53. The Labute approximate surface area is 388 Å². The van der Waals surface area contributed by atoms with Crippen LogP contribution in [0.3, 0.4) is 0 Å². The van der Waals surface area contributed by atoms with Crippen LogP contribution in [0.15, 0.2) is 11.6 Å². The third kappa shape index (κ3) is 8.60. The second-order valence-electron chi connectivity index (χ2n) is 22.8. The van der Waals surface area contributed by atoms with Gasteiger partial charge in [0.2, 0.25) is 0 Å². The Morgan fingerprint density at radius 1 is 0.727 bits per heavy atom. The predicted octanol–water partition coefficient (Wildman–Crippen LogP) is 0.180. The molecule has 0 unspecified atom stereocenters. The first-order valence-electron chi connectivity index (χ1n) is 24.2. The number of ketones is 1. The lowest BCUT2D eigenvalue weighted by molar-refractivity contribution is -0.378. The van der Waals surface area contributed by atoms with E-state index in [0.717, 1.165) is 18.4 Å². The van der Waals surface area contributed by atoms with Crippen molar-refractivity contribution in [3.8, 4) is 0 Å². The molecule has 66 heavy (non-hydrogen) atoms. The van der Waals surface area contributed by atoms with E-state index in [1.54, 1.807) is 13.8 Å². The van der Waals surface area contributed by atoms with Gasteiger partial charge in [0.1, 0.15) is 72.9 Å². The Morgan fingerprint density at radius 2 is 1.30 bits per heavy atom. The Balaban J connectivity index is 1.02. The van der Waals surface area contributed by atoms with Gasteiger partial charge in [-0.05, 0) is 100 Å². The summed E-state index contributed by atoms with van der Waals surface area (Å²) < 4.78 is 35.8. The number of hydrogen-bond acceptors (Lipinski definition) is 18. The van der Waals surface area contributed by atoms with E-state index in [2.05, 4.69) is 47.6 Å². The molecule has 4 aliphatic carbocycles. The van der Waals surface area contributed by atoms with Crippen molar-refractivity contribution in [3.05, 3.63) is 11.6 Å². The summed E-state index contributed by atoms with van der Waals surface area (Å²) >= 11 is 0. The van der Waals surface area contributed by atoms with Gasteiger partial charge < -0.3 is 84.6 Å². The van der Waals surface area contributed by atoms with Crippen LogP contribution in [0.4, 0.5) is 0 Å². The van der Waals surface area contributed by atoms with Crippen molar-refractivity contribution >= 4 is 5.78 Å². The summed E-state index contributed by atoms with van der Waals surface area (Å²) in [5, 5.41) is 116. The number of allylic oxidation sites excluding steroid dienone is 1. The van der Waals surface area contributed by atoms with Gasteiger partial charge >= 0.3 is 0 Å². The van der Waals surface area contributed by atoms with Gasteiger partial charge in [0.25, 0.3) is 0 Å². The topological polar surface area (TPSA) is 295 Å². The predicted molar refractivity (Wildman–Crippen MR) is 233 cm³/mol. The number of aliphatic hydroxyl groups excluding tert-OH is 11. The maximum atomic E-state index is 15.0. The molecule has 3 aliphatic heterocycles. The summed E-state index contributed by atoms with van der Waals surface area (Å²) in [6.07, 6.45) is -15.7. The fraction of sp³-hybridized carbons (Fsp3) is 0.938. The molecule has 0 radical (unpaired) electrons. The highest BCUT2D eigenvalue weighted by Gasteiger charge is 2.70. The first-order valence-corrected chi connectivity index (χ1v) is 24.2. The van der Waals surface area contributed by atoms with Crippen molar-refractivity contribution in [2.24, 2.45) is 45.3 Å². The molecule has 0 spiro atoms. The maximum absolute atomic E-state index is 15.0. The molecule has 0 aromatic carbocycles. The molecule has 7 rings (SSSR count). The molecule has 0 amide bonds. The molecule has 7 aliphatic rings. The Bertz CT molecular complexity index is 1740. The van der Waals surface area contributed by atoms with E-state index in [0.29, 0.717) is 38.5 Å². The number of hydrogen-bond donors (Lipinski definition) is 11. The third-order valence-corrected chi connectivity index (χ3v) is 18.5. The normalized spacial score (nSPS) is 50.5. The number of rotatable bonds is 13. The minimum Gasteiger partial charge on any atom is -0.394 e. The molecule has 11 N–H and O–H groups in total. The van der Waals surface area contributed by atoms with Crippen LogP contribution in [0.2, 0.25) is 0 Å². The number of carbonyl (C=O) groups is 1. The molecule has 380 valence electrons. The summed E-state index contributed by atoms with van der Waals surface area (Å²) in [5.41, 5.74) is -1.86. The van der Waals surface area contributed by atoms with Crippen molar-refractivity contribution in [1.82, 2.24) is 0 Å². The number of Topliss-reactive ketones (excluding diaryl/α,β-unsaturated/α-hetero) is 1. The van der Waals surface area contributed by atoms with Crippen molar-refractivity contribution in [3.63, 3.8) is 0 Å². The van der Waals surface area contributed by atoms with Crippen molar-refractivity contribution < 1.29 is 89.4 Å². The summed E-state index contributed by atoms with van der Waals surface area (Å²) in [6.45, 7) is 16.7. The molecule has 18 heteroatoms. The van der Waals surface area contributed by atoms with Crippen molar-refractivity contribution in [2.45, 2.75) is 224 Å². The van der Waals surface area contributed by atoms with Crippen LogP contribution in [0.5, 0.6) is 0 Å². The van der Waals surface area contributed by atoms with Crippen molar-refractivity contribution in [2.75, 3.05) is 13.2 Å². The van der Waals surface area contributed by atoms with Crippen LogP contribution in [0.25, 0.3) is 0 Å². The largest absolute Gasteiger partial charge is 0.394 e. The van der Waals surface area contributed by atoms with Gasteiger partial charge in [-0.25, -0.2) is 0 Å². The number of aliphatic hydroxyl groups is 11. The second-order valence-corrected chi connectivity index (χ2v) is 22.8. The molecule has 24 atom stereocenters. The van der Waals surface area contributed by atoms with Gasteiger partial charge in [0.15, 0.2) is 18.9 Å². The number of fused-ring (bicyclic) bond motifs is 5. The molecule has 3 saturated carbocycles. The number of carbonyl (C=O) groups excluding carboxylic acids is 1. The standard InChI is InChI=1S/C48H80O18/c1-21(10-14-29(51)45(5,6)66-43-40(37(58)34(55)27(20-50)63-43)65-41-38(59)35(56)32(53)22(2)61-41)23-16-17-46(7)28-13-11-24-25(48(28,9)30(52)18-47(23,46)8)12-15-31(44(24,3)4)64-42-39(60)36(57)33(54)26(19-49)62-42/h11,21-23,25-29,31-43,49-51,53-60H,10,12-20H2,1-9H3/t21-,22+,23-,25-,26+,27+,28+,29-,31+,32-,33-,34-,35+,36-,37-,38+,39-,40-,41+,42+,43+,46+,47-,48+/m1/s1. The highest BCUT2D eigenvalue weighted by Crippen LogP contribution is 2.74. The smallest absolute Gasteiger partial charge is 0.187 e. The van der Waals surface area contributed by atoms with Crippen molar-refractivity contribution in [1.29, 1.82) is 0 Å². The lowest BCUT2D eigenvalue weighted by Crippen LogP contribution is -2.65. The highest BCUT2D eigenvalue weighted by molar-refractivity contribution is 5.88. The first kappa shape index (κ1) is 52.6. The van der Waals surface area contributed by atoms with Gasteiger partial charge in [-0.3, -0.25) is 4.79 Å². The van der Waals surface area contributed by atoms with E-state index in [9.17, 15) is 61.0 Å². The van der Waals surface area contributed by atoms with Gasteiger partial charge in [-0.1, -0.05) is 53.2 Å². The van der Waals surface area contributed by atoms with Gasteiger partial charge in [0.05, 0.1) is 37.1 Å². The quantitative estimate of drug-likeness (QED) is 0.110. The third-order valence-electron chi connectivity index (χ3n) is 18.5. The second kappa shape index (κ2) is 19.1. The zero-order valence-corrected chi connectivity index (χ0v) is 40.0. The fourth-order valence-corrected chi connectivity index (χ4v) is 13.9. The summed E-state index contributed by atoms with van der Waals surface area (Å²) in [7, 11) is 0. The minimum absolute atomic E-state index is 0.0258. The number of ether oxygens (including phenoxy) is 6. The van der Waals surface area contributed by atoms with E-state index in [1.807, 2.05) is 0 Å². The molecule has 0 aromatic heterocycles. The van der Waals surface area contributed by atoms with Crippen LogP contribution < -0.4 is 0 Å². The van der Waals surface area contributed by atoms with Crippen LogP contribution in [0.1, 0.15) is 114 Å². The van der Waals surface area contributed by atoms with E-state index >= 15 is 0 Å². The summed E-state index contributed by atoms with van der Waals surface area (Å²) in [5.74, 6) is 0.593. The summed E-state index contributed by atoms with van der Waals surface area (Å²) in [6, 6.07) is 0. The molecule has 3 heterocycles. The zero-order chi connectivity index (χ0) is 48.8. The van der Waals surface area contributed by atoms with Gasteiger partial charge in [0, 0.05) is 17.3 Å². The van der Waals surface area contributed by atoms with Crippen LogP contribution >= 0.6 is 0 Å². The minimum atomic E-state index is -1.72. The summed E-state index contributed by atoms with van der Waals surface area (Å²) in [4.78, 5) is 15.0. The first-order chi connectivity index (χ1) is 30.7. The van der Waals surface area contributed by atoms with E-state index in [1.165, 1.54) is 6.92 Å². The molecule has 18 nitrogen and oxygen atoms in total. The van der Waals surface area contributed by atoms with Gasteiger partial charge in [-0.2, -0.15) is 0 Å².